The average Bonchev–Trinajstić information content (AvgIpc) is 3.67. The van der Waals surface area contributed by atoms with Crippen LogP contribution in [0.2, 0.25) is 10.0 Å². The number of benzene rings is 2. The van der Waals surface area contributed by atoms with E-state index < -0.39 is 5.82 Å². The van der Waals surface area contributed by atoms with Crippen LogP contribution >= 0.6 is 23.2 Å². The number of fused-ring (bicyclic) bond motifs is 4. The first-order valence-corrected chi connectivity index (χ1v) is 20.5. The van der Waals surface area contributed by atoms with E-state index in [0.717, 1.165) is 73.1 Å². The predicted molar refractivity (Wildman–Crippen MR) is 207 cm³/mol. The maximum atomic E-state index is 17.3. The fourth-order valence-electron chi connectivity index (χ4n) is 10.2. The van der Waals surface area contributed by atoms with E-state index in [1.165, 1.54) is 19.3 Å². The minimum atomic E-state index is -0.468. The summed E-state index contributed by atoms with van der Waals surface area (Å²) in [7, 11) is 0. The van der Waals surface area contributed by atoms with Crippen LogP contribution in [0.25, 0.3) is 32.9 Å². The third-order valence-corrected chi connectivity index (χ3v) is 14.0. The molecule has 1 amide bonds. The number of pyridine rings is 1. The Hall–Kier alpha value is -4.04. The highest BCUT2D eigenvalue weighted by Gasteiger charge is 2.51. The normalized spacial score (nSPS) is 25.5. The fourth-order valence-corrected chi connectivity index (χ4v) is 10.6. The standard InChI is InChI=1S/C42H43Cl2FN8O/c1-22-29-18-35(34-17-27(20-51(34)42(54)24-12-13-24)52-21-33(49-50-52)23-7-3-2-4-8-23)53(40-26-16-32(40)47-19-26)41(29)30-15-25(9-6-14-46)36(38(45)39(30)48-22)28-10-5-11-31(43)37(28)44/h5,10-11,15,18,21,23-24,26-27,32,34,40,47H,2-4,6-9,12-13,16-17,19-20H2,1H3. The third kappa shape index (κ3) is 5.48. The number of nitriles is 1. The number of aromatic nitrogens is 5. The molecule has 0 spiro atoms. The molecule has 5 aromatic rings. The van der Waals surface area contributed by atoms with Gasteiger partial charge in [0.2, 0.25) is 5.91 Å². The van der Waals surface area contributed by atoms with Crippen molar-refractivity contribution in [3.05, 3.63) is 75.0 Å². The molecule has 6 heterocycles. The minimum Gasteiger partial charge on any atom is -0.337 e. The quantitative estimate of drug-likeness (QED) is 0.169. The number of nitrogens with zero attached hydrogens (tertiary/aromatic N) is 7. The summed E-state index contributed by atoms with van der Waals surface area (Å²) in [5, 5.41) is 25.0. The first kappa shape index (κ1) is 34.5. The molecule has 0 radical (unpaired) electrons. The van der Waals surface area contributed by atoms with Crippen LogP contribution in [-0.2, 0) is 11.2 Å². The molecule has 6 aliphatic rings. The maximum absolute atomic E-state index is 17.3. The van der Waals surface area contributed by atoms with E-state index >= 15 is 4.39 Å². The molecule has 3 aliphatic heterocycles. The van der Waals surface area contributed by atoms with E-state index in [-0.39, 0.29) is 46.9 Å². The van der Waals surface area contributed by atoms with Crippen LogP contribution in [0.5, 0.6) is 0 Å². The van der Waals surface area contributed by atoms with Gasteiger partial charge in [0.25, 0.3) is 0 Å². The summed E-state index contributed by atoms with van der Waals surface area (Å²) in [5.41, 5.74) is 5.60. The van der Waals surface area contributed by atoms with E-state index in [1.54, 1.807) is 18.2 Å². The molecule has 3 saturated carbocycles. The van der Waals surface area contributed by atoms with Crippen molar-refractivity contribution in [2.75, 3.05) is 13.1 Å². The van der Waals surface area contributed by atoms with Gasteiger partial charge in [-0.25, -0.2) is 14.1 Å². The Morgan fingerprint density at radius 1 is 1.09 bits per heavy atom. The molecule has 278 valence electrons. The second-order valence-electron chi connectivity index (χ2n) is 16.4. The number of hydrogen-bond acceptors (Lipinski definition) is 6. The molecule has 6 fully saturated rings. The van der Waals surface area contributed by atoms with Crippen molar-refractivity contribution in [2.24, 2.45) is 11.8 Å². The topological polar surface area (TPSA) is 105 Å². The Kier molecular flexibility index (Phi) is 8.50. The summed E-state index contributed by atoms with van der Waals surface area (Å²) in [5.74, 6) is 0.699. The van der Waals surface area contributed by atoms with Gasteiger partial charge < -0.3 is 14.8 Å². The van der Waals surface area contributed by atoms with Gasteiger partial charge in [-0.1, -0.05) is 59.8 Å². The number of aryl methyl sites for hydroxylation is 2. The summed E-state index contributed by atoms with van der Waals surface area (Å²) in [6.45, 7) is 3.46. The van der Waals surface area contributed by atoms with Crippen molar-refractivity contribution >= 4 is 50.9 Å². The minimum absolute atomic E-state index is 0.00115. The lowest BCUT2D eigenvalue weighted by Crippen LogP contribution is -2.41. The average molecular weight is 766 g/mol. The van der Waals surface area contributed by atoms with E-state index in [4.69, 9.17) is 28.2 Å². The van der Waals surface area contributed by atoms with Gasteiger partial charge in [-0.05, 0) is 81.5 Å². The second-order valence-corrected chi connectivity index (χ2v) is 17.2. The zero-order chi connectivity index (χ0) is 36.8. The van der Waals surface area contributed by atoms with Gasteiger partial charge >= 0.3 is 0 Å². The summed E-state index contributed by atoms with van der Waals surface area (Å²) in [6.07, 6.45) is 12.4. The van der Waals surface area contributed by atoms with E-state index in [9.17, 15) is 10.1 Å². The van der Waals surface area contributed by atoms with Crippen LogP contribution in [0.3, 0.4) is 0 Å². The second kappa shape index (κ2) is 13.3. The number of nitrogens with one attached hydrogen (secondary N) is 1. The molecule has 11 rings (SSSR count). The molecule has 54 heavy (non-hydrogen) atoms. The van der Waals surface area contributed by atoms with Gasteiger partial charge in [0, 0.05) is 76.9 Å². The lowest BCUT2D eigenvalue weighted by Gasteiger charge is -2.39. The number of hydrogen-bond donors (Lipinski definition) is 1. The number of rotatable bonds is 8. The van der Waals surface area contributed by atoms with Crippen molar-refractivity contribution in [3.8, 4) is 17.2 Å². The van der Waals surface area contributed by atoms with E-state index in [1.807, 2.05) is 17.7 Å². The summed E-state index contributed by atoms with van der Waals surface area (Å²) in [6, 6.07) is 12.0. The zero-order valence-corrected chi connectivity index (χ0v) is 31.9. The number of carbonyl (C=O) groups is 1. The molecule has 9 nitrogen and oxygen atoms in total. The summed E-state index contributed by atoms with van der Waals surface area (Å²) in [4.78, 5) is 21.3. The van der Waals surface area contributed by atoms with Crippen molar-refractivity contribution in [2.45, 2.75) is 108 Å². The lowest BCUT2D eigenvalue weighted by molar-refractivity contribution is -0.133. The largest absolute Gasteiger partial charge is 0.337 e. The fraction of sp³-hybridized carbons (Fsp3) is 0.500. The Morgan fingerprint density at radius 2 is 1.93 bits per heavy atom. The third-order valence-electron chi connectivity index (χ3n) is 13.2. The molecular weight excluding hydrogens is 722 g/mol. The molecule has 5 atom stereocenters. The van der Waals surface area contributed by atoms with Gasteiger partial charge in [-0.15, -0.1) is 5.10 Å². The van der Waals surface area contributed by atoms with Gasteiger partial charge in [-0.3, -0.25) is 4.79 Å². The van der Waals surface area contributed by atoms with Gasteiger partial charge in [0.05, 0.1) is 45.5 Å². The molecule has 2 bridgehead atoms. The Labute approximate surface area is 323 Å². The van der Waals surface area contributed by atoms with Gasteiger partial charge in [-0.2, -0.15) is 5.26 Å². The highest BCUT2D eigenvalue weighted by Crippen LogP contribution is 2.52. The number of amides is 1. The van der Waals surface area contributed by atoms with Crippen molar-refractivity contribution in [1.29, 1.82) is 5.26 Å². The zero-order valence-electron chi connectivity index (χ0n) is 30.4. The Balaban J connectivity index is 1.16. The van der Waals surface area contributed by atoms with Crippen molar-refractivity contribution in [1.82, 2.24) is 34.8 Å². The highest BCUT2D eigenvalue weighted by atomic mass is 35.5. The van der Waals surface area contributed by atoms with Gasteiger partial charge in [0.1, 0.15) is 5.52 Å². The number of carbonyl (C=O) groups excluding carboxylic acids is 1. The van der Waals surface area contributed by atoms with Gasteiger partial charge in [0.15, 0.2) is 5.82 Å². The molecule has 2 aromatic carbocycles. The SMILES string of the molecule is Cc1nc2c(F)c(-c3cccc(Cl)c3Cl)c(CCC#N)cc2c2c1cc(C1CC(n3cc(C4CCCCC4)nn3)CN1C(=O)C1CC1)n2C1C2CNC1C2. The molecular formula is C42H43Cl2FN8O. The highest BCUT2D eigenvalue weighted by molar-refractivity contribution is 6.43. The van der Waals surface area contributed by atoms with Crippen LogP contribution < -0.4 is 5.32 Å². The van der Waals surface area contributed by atoms with Crippen LogP contribution in [-0.4, -0.2) is 54.5 Å². The summed E-state index contributed by atoms with van der Waals surface area (Å²) < 4.78 is 21.8. The smallest absolute Gasteiger partial charge is 0.226 e. The lowest BCUT2D eigenvalue weighted by atomic mass is 9.79. The van der Waals surface area contributed by atoms with Crippen molar-refractivity contribution in [3.63, 3.8) is 0 Å². The molecule has 3 aromatic heterocycles. The first-order valence-electron chi connectivity index (χ1n) is 19.7. The van der Waals surface area contributed by atoms with Crippen LogP contribution in [0.4, 0.5) is 4.39 Å². The number of halogens is 3. The van der Waals surface area contributed by atoms with Crippen LogP contribution in [0.15, 0.2) is 36.5 Å². The molecule has 12 heteroatoms. The molecule has 5 unspecified atom stereocenters. The monoisotopic (exact) mass is 764 g/mol. The van der Waals surface area contributed by atoms with E-state index in [0.29, 0.717) is 57.9 Å². The summed E-state index contributed by atoms with van der Waals surface area (Å²) >= 11 is 13.2. The van der Waals surface area contributed by atoms with Crippen LogP contribution in [0.1, 0.15) is 111 Å². The molecule has 1 N–H and O–H groups in total. The Bertz CT molecular complexity index is 2360. The maximum Gasteiger partial charge on any atom is 0.226 e. The number of likely N-dealkylation sites (tertiary alicyclic amines) is 1. The van der Waals surface area contributed by atoms with E-state index in [2.05, 4.69) is 43.4 Å². The van der Waals surface area contributed by atoms with Crippen molar-refractivity contribution < 1.29 is 9.18 Å². The molecule has 3 aliphatic carbocycles. The predicted octanol–water partition coefficient (Wildman–Crippen LogP) is 9.16. The first-order chi connectivity index (χ1) is 26.3. The Morgan fingerprint density at radius 3 is 2.67 bits per heavy atom. The van der Waals surface area contributed by atoms with Crippen LogP contribution in [0, 0.1) is 35.9 Å². The molecule has 3 saturated heterocycles.